The summed E-state index contributed by atoms with van der Waals surface area (Å²) in [6.45, 7) is 3.63. The maximum absolute atomic E-state index is 14.7. The van der Waals surface area contributed by atoms with Crippen LogP contribution in [0.25, 0.3) is 22.8 Å². The molecule has 3 rings (SSSR count). The van der Waals surface area contributed by atoms with Gasteiger partial charge in [-0.3, -0.25) is 14.9 Å². The predicted molar refractivity (Wildman–Crippen MR) is 116 cm³/mol. The molecule has 2 aromatic carbocycles. The molecule has 176 valence electrons. The van der Waals surface area contributed by atoms with E-state index in [-0.39, 0.29) is 35.5 Å². The van der Waals surface area contributed by atoms with Crippen molar-refractivity contribution >= 4 is 11.9 Å². The number of ether oxygens (including phenoxy) is 1. The highest BCUT2D eigenvalue weighted by Gasteiger charge is 2.21. The molecule has 1 atom stereocenters. The van der Waals surface area contributed by atoms with Crippen molar-refractivity contribution in [2.75, 3.05) is 0 Å². The van der Waals surface area contributed by atoms with Crippen LogP contribution in [0.15, 0.2) is 40.9 Å². The first-order valence-electron chi connectivity index (χ1n) is 10.2. The minimum Gasteiger partial charge on any atom is -0.490 e. The van der Waals surface area contributed by atoms with Gasteiger partial charge in [0.05, 0.1) is 23.7 Å². The van der Waals surface area contributed by atoms with Gasteiger partial charge >= 0.3 is 11.9 Å². The molecule has 0 spiro atoms. The summed E-state index contributed by atoms with van der Waals surface area (Å²) in [6, 6.07) is 9.67. The number of aliphatic carboxylic acids is 2. The Kier molecular flexibility index (Phi) is 7.55. The second kappa shape index (κ2) is 10.5. The van der Waals surface area contributed by atoms with E-state index in [0.717, 1.165) is 0 Å². The molecule has 1 heterocycles. The highest BCUT2D eigenvalue weighted by Crippen LogP contribution is 2.28. The lowest BCUT2D eigenvalue weighted by molar-refractivity contribution is -0.146. The van der Waals surface area contributed by atoms with Crippen molar-refractivity contribution in [2.24, 2.45) is 0 Å². The number of nitrogens with zero attached hydrogens (tertiary/aromatic N) is 3. The Morgan fingerprint density at radius 3 is 2.62 bits per heavy atom. The molecule has 3 N–H and O–H groups in total. The van der Waals surface area contributed by atoms with Crippen LogP contribution in [0.2, 0.25) is 0 Å². The molecule has 3 aromatic rings. The highest BCUT2D eigenvalue weighted by molar-refractivity contribution is 5.80. The molecule has 0 amide bonds. The molecule has 10 nitrogen and oxygen atoms in total. The van der Waals surface area contributed by atoms with Crippen molar-refractivity contribution in [3.05, 3.63) is 53.3 Å². The fourth-order valence-electron chi connectivity index (χ4n) is 3.07. The molecule has 0 saturated heterocycles. The zero-order chi connectivity index (χ0) is 24.8. The van der Waals surface area contributed by atoms with E-state index in [1.807, 2.05) is 13.8 Å². The summed E-state index contributed by atoms with van der Waals surface area (Å²) in [5.74, 6) is -2.76. The Balaban J connectivity index is 1.77. The number of carboxylic acids is 2. The molecule has 1 aromatic heterocycles. The van der Waals surface area contributed by atoms with E-state index in [0.29, 0.717) is 16.9 Å². The molecule has 0 radical (unpaired) electrons. The Morgan fingerprint density at radius 1 is 1.24 bits per heavy atom. The molecule has 0 saturated carbocycles. The van der Waals surface area contributed by atoms with E-state index in [2.05, 4.69) is 21.5 Å². The molecule has 0 aliphatic carbocycles. The molecule has 0 aliphatic heterocycles. The zero-order valence-corrected chi connectivity index (χ0v) is 18.3. The fourth-order valence-corrected chi connectivity index (χ4v) is 3.07. The predicted octanol–water partition coefficient (Wildman–Crippen LogP) is 3.22. The molecular weight excluding hydrogens is 447 g/mol. The summed E-state index contributed by atoms with van der Waals surface area (Å²) in [4.78, 5) is 26.1. The summed E-state index contributed by atoms with van der Waals surface area (Å²) >= 11 is 0. The molecule has 0 fully saturated rings. The summed E-state index contributed by atoms with van der Waals surface area (Å²) in [5.41, 5.74) is 1.21. The van der Waals surface area contributed by atoms with Crippen LogP contribution in [-0.4, -0.2) is 44.4 Å². The third kappa shape index (κ3) is 5.93. The minimum absolute atomic E-state index is 0.0117. The Bertz CT molecular complexity index is 1250. The van der Waals surface area contributed by atoms with Crippen molar-refractivity contribution in [1.29, 1.82) is 5.26 Å². The van der Waals surface area contributed by atoms with Gasteiger partial charge in [-0.2, -0.15) is 10.2 Å². The van der Waals surface area contributed by atoms with Crippen LogP contribution in [0.3, 0.4) is 0 Å². The lowest BCUT2D eigenvalue weighted by Crippen LogP contribution is -2.38. The van der Waals surface area contributed by atoms with Gasteiger partial charge in [0, 0.05) is 12.1 Å². The molecule has 11 heteroatoms. The maximum atomic E-state index is 14.7. The topological polar surface area (TPSA) is 159 Å². The highest BCUT2D eigenvalue weighted by atomic mass is 19.1. The van der Waals surface area contributed by atoms with Crippen molar-refractivity contribution in [1.82, 2.24) is 15.5 Å². The van der Waals surface area contributed by atoms with E-state index in [4.69, 9.17) is 19.5 Å². The van der Waals surface area contributed by atoms with E-state index in [1.165, 1.54) is 24.3 Å². The van der Waals surface area contributed by atoms with Gasteiger partial charge in [-0.1, -0.05) is 11.2 Å². The Hall–Kier alpha value is -4.30. The van der Waals surface area contributed by atoms with Gasteiger partial charge < -0.3 is 19.5 Å². The number of aromatic nitrogens is 2. The smallest absolute Gasteiger partial charge is 0.321 e. The average Bonchev–Trinajstić information content (AvgIpc) is 3.26. The van der Waals surface area contributed by atoms with Gasteiger partial charge in [-0.25, -0.2) is 4.39 Å². The molecular formula is C23H21FN4O6. The van der Waals surface area contributed by atoms with Crippen LogP contribution in [0.4, 0.5) is 4.39 Å². The van der Waals surface area contributed by atoms with Gasteiger partial charge in [0.2, 0.25) is 5.82 Å². The van der Waals surface area contributed by atoms with Crippen LogP contribution in [0, 0.1) is 17.1 Å². The summed E-state index contributed by atoms with van der Waals surface area (Å²) in [5, 5.41) is 33.6. The van der Waals surface area contributed by atoms with Gasteiger partial charge in [0.1, 0.15) is 23.7 Å². The number of carbonyl (C=O) groups is 2. The first-order chi connectivity index (χ1) is 16.2. The fraction of sp³-hybridized carbons (Fsp3) is 0.261. The number of hydrogen-bond acceptors (Lipinski definition) is 8. The Morgan fingerprint density at radius 2 is 2.00 bits per heavy atom. The lowest BCUT2D eigenvalue weighted by Gasteiger charge is -2.12. The normalized spacial score (nSPS) is 11.7. The van der Waals surface area contributed by atoms with Crippen molar-refractivity contribution in [3.63, 3.8) is 0 Å². The van der Waals surface area contributed by atoms with E-state index >= 15 is 0 Å². The third-order valence-electron chi connectivity index (χ3n) is 4.64. The number of benzene rings is 2. The first kappa shape index (κ1) is 24.3. The third-order valence-corrected chi connectivity index (χ3v) is 4.64. The van der Waals surface area contributed by atoms with Crippen LogP contribution in [-0.2, 0) is 16.1 Å². The molecule has 34 heavy (non-hydrogen) atoms. The van der Waals surface area contributed by atoms with Gasteiger partial charge in [-0.15, -0.1) is 0 Å². The second-order valence-electron chi connectivity index (χ2n) is 7.60. The number of rotatable bonds is 10. The molecule has 0 bridgehead atoms. The number of nitrogens with one attached hydrogen (secondary N) is 1. The SMILES string of the molecule is CC(C)Oc1ccc(-c2nc(-c3ccc(CN[C@@H](CC(=O)O)C(=O)O)cc3F)no2)cc1C#N. The van der Waals surface area contributed by atoms with E-state index < -0.39 is 30.2 Å². The number of carboxylic acid groups (broad SMARTS) is 2. The lowest BCUT2D eigenvalue weighted by atomic mass is 10.1. The van der Waals surface area contributed by atoms with Crippen molar-refractivity contribution in [3.8, 4) is 34.7 Å². The number of hydrogen-bond donors (Lipinski definition) is 3. The van der Waals surface area contributed by atoms with Crippen molar-refractivity contribution in [2.45, 2.75) is 39.0 Å². The van der Waals surface area contributed by atoms with Gasteiger partial charge in [-0.05, 0) is 49.7 Å². The summed E-state index contributed by atoms with van der Waals surface area (Å²) < 4.78 is 25.5. The maximum Gasteiger partial charge on any atom is 0.321 e. The van der Waals surface area contributed by atoms with Crippen LogP contribution < -0.4 is 10.1 Å². The van der Waals surface area contributed by atoms with Gasteiger partial charge in [0.15, 0.2) is 0 Å². The summed E-state index contributed by atoms with van der Waals surface area (Å²) in [7, 11) is 0. The van der Waals surface area contributed by atoms with Crippen LogP contribution in [0.5, 0.6) is 5.75 Å². The second-order valence-corrected chi connectivity index (χ2v) is 7.60. The Labute approximate surface area is 193 Å². The zero-order valence-electron chi connectivity index (χ0n) is 18.3. The number of nitriles is 1. The van der Waals surface area contributed by atoms with Gasteiger partial charge in [0.25, 0.3) is 5.89 Å². The van der Waals surface area contributed by atoms with E-state index in [1.54, 1.807) is 12.1 Å². The molecule has 0 aliphatic rings. The van der Waals surface area contributed by atoms with Crippen LogP contribution in [0.1, 0.15) is 31.4 Å². The standard InChI is InChI=1S/C23H21FN4O6/c1-12(2)33-19-6-4-14(8-15(19)10-25)22-27-21(28-34-22)16-5-3-13(7-17(16)24)11-26-18(23(31)32)9-20(29)30/h3-8,12,18,26H,9,11H2,1-2H3,(H,29,30)(H,31,32)/t18-/m0/s1. The van der Waals surface area contributed by atoms with E-state index in [9.17, 15) is 19.2 Å². The largest absolute Gasteiger partial charge is 0.490 e. The first-order valence-corrected chi connectivity index (χ1v) is 10.2. The number of halogens is 1. The van der Waals surface area contributed by atoms with Crippen LogP contribution >= 0.6 is 0 Å². The monoisotopic (exact) mass is 468 g/mol. The average molecular weight is 468 g/mol. The minimum atomic E-state index is -1.32. The molecule has 0 unspecified atom stereocenters. The summed E-state index contributed by atoms with van der Waals surface area (Å²) in [6.07, 6.45) is -0.721. The van der Waals surface area contributed by atoms with Crippen molar-refractivity contribution < 1.29 is 33.5 Å². The quantitative estimate of drug-likeness (QED) is 0.403.